The summed E-state index contributed by atoms with van der Waals surface area (Å²) in [5.74, 6) is -1.54. The molecule has 6 nitrogen and oxygen atoms in total. The number of hydrogen-bond acceptors (Lipinski definition) is 4. The molecule has 0 unspecified atom stereocenters. The second-order valence-corrected chi connectivity index (χ2v) is 3.03. The van der Waals surface area contributed by atoms with E-state index in [1.807, 2.05) is 0 Å². The summed E-state index contributed by atoms with van der Waals surface area (Å²) in [4.78, 5) is 26.4. The van der Waals surface area contributed by atoms with E-state index >= 15 is 0 Å². The number of rotatable bonds is 4. The number of pyridine rings is 1. The smallest absolute Gasteiger partial charge is 0.354 e. The van der Waals surface area contributed by atoms with Crippen LogP contribution in [0.1, 0.15) is 10.5 Å². The van der Waals surface area contributed by atoms with E-state index in [9.17, 15) is 9.59 Å². The molecule has 0 aliphatic carbocycles. The quantitative estimate of drug-likeness (QED) is 0.709. The summed E-state index contributed by atoms with van der Waals surface area (Å²) in [6, 6.07) is 2.94. The van der Waals surface area contributed by atoms with Crippen molar-refractivity contribution in [3.05, 3.63) is 24.0 Å². The van der Waals surface area contributed by atoms with Crippen LogP contribution in [0.2, 0.25) is 0 Å². The summed E-state index contributed by atoms with van der Waals surface area (Å²) in [5.41, 5.74) is 5.62. The van der Waals surface area contributed by atoms with E-state index in [-0.39, 0.29) is 12.2 Å². The fourth-order valence-corrected chi connectivity index (χ4v) is 1.06. The lowest BCUT2D eigenvalue weighted by molar-refractivity contribution is -0.116. The van der Waals surface area contributed by atoms with Gasteiger partial charge in [0.05, 0.1) is 18.4 Å². The van der Waals surface area contributed by atoms with Gasteiger partial charge in [-0.1, -0.05) is 0 Å². The molecule has 15 heavy (non-hydrogen) atoms. The average Bonchev–Trinajstić information content (AvgIpc) is 2.17. The third-order valence-corrected chi connectivity index (χ3v) is 1.80. The average molecular weight is 209 g/mol. The Bertz CT molecular complexity index is 375. The van der Waals surface area contributed by atoms with Gasteiger partial charge in [0.15, 0.2) is 0 Å². The number of nitrogens with two attached hydrogens (primary N) is 1. The highest BCUT2D eigenvalue weighted by atomic mass is 16.4. The van der Waals surface area contributed by atoms with Gasteiger partial charge in [0.2, 0.25) is 5.91 Å². The van der Waals surface area contributed by atoms with E-state index in [1.54, 1.807) is 18.0 Å². The Morgan fingerprint density at radius 3 is 2.60 bits per heavy atom. The van der Waals surface area contributed by atoms with Crippen LogP contribution in [0.5, 0.6) is 0 Å². The molecule has 0 aromatic carbocycles. The first-order chi connectivity index (χ1) is 7.00. The van der Waals surface area contributed by atoms with E-state index in [0.717, 1.165) is 0 Å². The topological polar surface area (TPSA) is 96.5 Å². The van der Waals surface area contributed by atoms with Gasteiger partial charge in [-0.2, -0.15) is 0 Å². The van der Waals surface area contributed by atoms with E-state index in [2.05, 4.69) is 4.98 Å². The van der Waals surface area contributed by atoms with Gasteiger partial charge in [-0.15, -0.1) is 0 Å². The molecule has 1 heterocycles. The molecular formula is C9H11N3O3. The number of anilines is 1. The minimum absolute atomic E-state index is 0.0359. The molecule has 80 valence electrons. The van der Waals surface area contributed by atoms with E-state index in [1.165, 1.54) is 12.3 Å². The van der Waals surface area contributed by atoms with Crippen molar-refractivity contribution < 1.29 is 14.7 Å². The lowest BCUT2D eigenvalue weighted by atomic mass is 10.3. The second-order valence-electron chi connectivity index (χ2n) is 3.03. The number of carboxylic acid groups (broad SMARTS) is 1. The van der Waals surface area contributed by atoms with Gasteiger partial charge in [0.1, 0.15) is 5.69 Å². The molecule has 0 fully saturated rings. The number of nitrogens with zero attached hydrogens (tertiary/aromatic N) is 2. The molecule has 1 rings (SSSR count). The molecule has 0 saturated heterocycles. The molecule has 0 bridgehead atoms. The van der Waals surface area contributed by atoms with Crippen molar-refractivity contribution in [1.82, 2.24) is 4.98 Å². The standard InChI is InChI=1S/C9H11N3O3/c1-12(5-8(10)13)6-2-3-7(9(14)15)11-4-6/h2-4H,5H2,1H3,(H2,10,13)(H,14,15). The third-order valence-electron chi connectivity index (χ3n) is 1.80. The number of carbonyl (C=O) groups excluding carboxylic acids is 1. The van der Waals surface area contributed by atoms with Gasteiger partial charge in [-0.3, -0.25) is 4.79 Å². The number of amides is 1. The van der Waals surface area contributed by atoms with E-state index in [0.29, 0.717) is 5.69 Å². The first-order valence-corrected chi connectivity index (χ1v) is 4.19. The monoisotopic (exact) mass is 209 g/mol. The van der Waals surface area contributed by atoms with Crippen LogP contribution in [0.25, 0.3) is 0 Å². The number of carbonyl (C=O) groups is 2. The third kappa shape index (κ3) is 2.94. The zero-order chi connectivity index (χ0) is 11.4. The Labute approximate surface area is 86.3 Å². The zero-order valence-corrected chi connectivity index (χ0v) is 8.17. The fourth-order valence-electron chi connectivity index (χ4n) is 1.06. The first kappa shape index (κ1) is 11.0. The molecule has 3 N–H and O–H groups in total. The summed E-state index contributed by atoms with van der Waals surface area (Å²) < 4.78 is 0. The molecular weight excluding hydrogens is 198 g/mol. The van der Waals surface area contributed by atoms with Gasteiger partial charge in [0.25, 0.3) is 0 Å². The maximum absolute atomic E-state index is 10.6. The summed E-state index contributed by atoms with van der Waals surface area (Å²) in [6.07, 6.45) is 1.38. The summed E-state index contributed by atoms with van der Waals surface area (Å²) >= 11 is 0. The Morgan fingerprint density at radius 1 is 1.53 bits per heavy atom. The molecule has 0 aliphatic rings. The van der Waals surface area contributed by atoms with Crippen molar-refractivity contribution in [3.63, 3.8) is 0 Å². The zero-order valence-electron chi connectivity index (χ0n) is 8.17. The summed E-state index contributed by atoms with van der Waals surface area (Å²) in [6.45, 7) is 0.0636. The van der Waals surface area contributed by atoms with Crippen LogP contribution in [0.4, 0.5) is 5.69 Å². The predicted octanol–water partition coefficient (Wildman–Crippen LogP) is -0.299. The maximum atomic E-state index is 10.6. The van der Waals surface area contributed by atoms with Crippen molar-refractivity contribution in [3.8, 4) is 0 Å². The van der Waals surface area contributed by atoms with Crippen LogP contribution < -0.4 is 10.6 Å². The highest BCUT2D eigenvalue weighted by Crippen LogP contribution is 2.10. The lowest BCUT2D eigenvalue weighted by Gasteiger charge is -2.16. The Morgan fingerprint density at radius 2 is 2.20 bits per heavy atom. The number of aromatic carboxylic acids is 1. The molecule has 6 heteroatoms. The molecule has 1 amide bonds. The minimum Gasteiger partial charge on any atom is -0.477 e. The Balaban J connectivity index is 2.79. The van der Waals surface area contributed by atoms with Crippen LogP contribution in [0.15, 0.2) is 18.3 Å². The first-order valence-electron chi connectivity index (χ1n) is 4.19. The van der Waals surface area contributed by atoms with E-state index in [4.69, 9.17) is 10.8 Å². The summed E-state index contributed by atoms with van der Waals surface area (Å²) in [5, 5.41) is 8.61. The fraction of sp³-hybridized carbons (Fsp3) is 0.222. The normalized spacial score (nSPS) is 9.67. The molecule has 0 spiro atoms. The van der Waals surface area contributed by atoms with Crippen LogP contribution >= 0.6 is 0 Å². The number of hydrogen-bond donors (Lipinski definition) is 2. The highest BCUT2D eigenvalue weighted by molar-refractivity contribution is 5.85. The van der Waals surface area contributed by atoms with Gasteiger partial charge in [-0.05, 0) is 12.1 Å². The van der Waals surface area contributed by atoms with Crippen molar-refractivity contribution in [2.75, 3.05) is 18.5 Å². The molecule has 1 aromatic heterocycles. The van der Waals surface area contributed by atoms with Crippen molar-refractivity contribution in [2.45, 2.75) is 0 Å². The van der Waals surface area contributed by atoms with Crippen molar-refractivity contribution in [1.29, 1.82) is 0 Å². The van der Waals surface area contributed by atoms with Crippen LogP contribution in [0.3, 0.4) is 0 Å². The molecule has 0 radical (unpaired) electrons. The number of carboxylic acids is 1. The lowest BCUT2D eigenvalue weighted by Crippen LogP contribution is -2.30. The second kappa shape index (κ2) is 4.41. The molecule has 0 saturated carbocycles. The van der Waals surface area contributed by atoms with Gasteiger partial charge in [-0.25, -0.2) is 9.78 Å². The Hall–Kier alpha value is -2.11. The van der Waals surface area contributed by atoms with Crippen LogP contribution in [-0.4, -0.2) is 35.6 Å². The summed E-state index contributed by atoms with van der Waals surface area (Å²) in [7, 11) is 1.67. The minimum atomic E-state index is -1.08. The highest BCUT2D eigenvalue weighted by Gasteiger charge is 2.07. The molecule has 0 atom stereocenters. The van der Waals surface area contributed by atoms with Crippen molar-refractivity contribution >= 4 is 17.6 Å². The van der Waals surface area contributed by atoms with Gasteiger partial charge >= 0.3 is 5.97 Å². The SMILES string of the molecule is CN(CC(N)=O)c1ccc(C(=O)O)nc1. The Kier molecular flexibility index (Phi) is 3.22. The number of likely N-dealkylation sites (N-methyl/N-ethyl adjacent to an activating group) is 1. The number of aromatic nitrogens is 1. The van der Waals surface area contributed by atoms with Crippen LogP contribution in [-0.2, 0) is 4.79 Å². The largest absolute Gasteiger partial charge is 0.477 e. The van der Waals surface area contributed by atoms with Crippen molar-refractivity contribution in [2.24, 2.45) is 5.73 Å². The maximum Gasteiger partial charge on any atom is 0.354 e. The predicted molar refractivity (Wildman–Crippen MR) is 53.7 cm³/mol. The van der Waals surface area contributed by atoms with E-state index < -0.39 is 11.9 Å². The molecule has 0 aliphatic heterocycles. The van der Waals surface area contributed by atoms with Gasteiger partial charge in [0, 0.05) is 7.05 Å². The van der Waals surface area contributed by atoms with Gasteiger partial charge < -0.3 is 15.7 Å². The molecule has 1 aromatic rings. The van der Waals surface area contributed by atoms with Crippen LogP contribution in [0, 0.1) is 0 Å². The number of primary amides is 1.